The molecule has 1 unspecified atom stereocenters. The molecule has 5 heteroatoms. The molecule has 0 aliphatic carbocycles. The van der Waals surface area contributed by atoms with E-state index < -0.39 is 0 Å². The Morgan fingerprint density at radius 3 is 2.89 bits per heavy atom. The van der Waals surface area contributed by atoms with Crippen LogP contribution in [0.25, 0.3) is 0 Å². The minimum absolute atomic E-state index is 0.0441. The lowest BCUT2D eigenvalue weighted by atomic mass is 10.1. The number of nitrogen functional groups attached to an aromatic ring is 1. The molecule has 1 heterocycles. The fourth-order valence-corrected chi connectivity index (χ4v) is 2.14. The Kier molecular flexibility index (Phi) is 4.27. The second kappa shape index (κ2) is 5.93. The van der Waals surface area contributed by atoms with Gasteiger partial charge in [-0.3, -0.25) is 4.79 Å². The molecule has 1 aromatic carbocycles. The van der Waals surface area contributed by atoms with Gasteiger partial charge in [-0.1, -0.05) is 0 Å². The van der Waals surface area contributed by atoms with Crippen molar-refractivity contribution in [2.24, 2.45) is 0 Å². The average molecular weight is 263 g/mol. The van der Waals surface area contributed by atoms with E-state index in [1.165, 1.54) is 4.90 Å². The normalized spacial score (nSPS) is 18.3. The highest BCUT2D eigenvalue weighted by Crippen LogP contribution is 2.21. The van der Waals surface area contributed by atoms with E-state index in [9.17, 15) is 4.79 Å². The second-order valence-electron chi connectivity index (χ2n) is 5.02. The number of hydrogen-bond donors (Lipinski definition) is 2. The number of nitrogens with zero attached hydrogens (tertiary/aromatic N) is 1. The fourth-order valence-electron chi connectivity index (χ4n) is 2.14. The quantitative estimate of drug-likeness (QED) is 0.809. The van der Waals surface area contributed by atoms with Crippen molar-refractivity contribution in [3.63, 3.8) is 0 Å². The van der Waals surface area contributed by atoms with E-state index in [1.807, 2.05) is 6.07 Å². The van der Waals surface area contributed by atoms with Crippen LogP contribution in [0, 0.1) is 0 Å². The lowest BCUT2D eigenvalue weighted by Crippen LogP contribution is -2.22. The summed E-state index contributed by atoms with van der Waals surface area (Å²) in [5.41, 5.74) is 8.01. The third kappa shape index (κ3) is 3.38. The first kappa shape index (κ1) is 13.7. The van der Waals surface area contributed by atoms with Crippen LogP contribution in [0.2, 0.25) is 0 Å². The molecule has 0 aromatic heterocycles. The zero-order valence-electron chi connectivity index (χ0n) is 11.5. The number of ether oxygens (including phenoxy) is 1. The van der Waals surface area contributed by atoms with Gasteiger partial charge in [-0.2, -0.15) is 0 Å². The molecular weight excluding hydrogens is 242 g/mol. The summed E-state index contributed by atoms with van der Waals surface area (Å²) in [5.74, 6) is -0.0441. The lowest BCUT2D eigenvalue weighted by Gasteiger charge is -2.15. The summed E-state index contributed by atoms with van der Waals surface area (Å²) in [7, 11) is 3.45. The summed E-state index contributed by atoms with van der Waals surface area (Å²) in [6.45, 7) is 1.60. The van der Waals surface area contributed by atoms with Gasteiger partial charge in [0.05, 0.1) is 17.5 Å². The average Bonchev–Trinajstić information content (AvgIpc) is 2.89. The minimum Gasteiger partial charge on any atom is -0.397 e. The smallest absolute Gasteiger partial charge is 0.253 e. The summed E-state index contributed by atoms with van der Waals surface area (Å²) in [6, 6.07) is 5.34. The molecule has 0 radical (unpaired) electrons. The van der Waals surface area contributed by atoms with Crippen LogP contribution < -0.4 is 11.1 Å². The highest BCUT2D eigenvalue weighted by Gasteiger charge is 2.16. The maximum Gasteiger partial charge on any atom is 0.253 e. The van der Waals surface area contributed by atoms with Gasteiger partial charge >= 0.3 is 0 Å². The highest BCUT2D eigenvalue weighted by molar-refractivity contribution is 5.95. The molecule has 104 valence electrons. The minimum atomic E-state index is -0.0441. The molecule has 1 aliphatic rings. The second-order valence-corrected chi connectivity index (χ2v) is 5.02. The lowest BCUT2D eigenvalue weighted by molar-refractivity contribution is 0.0827. The zero-order chi connectivity index (χ0) is 13.8. The standard InChI is InChI=1S/C14H21N3O2/c1-17(2)14(18)10-5-6-13(12(15)8-10)16-9-11-4-3-7-19-11/h5-6,8,11,16H,3-4,7,9,15H2,1-2H3. The summed E-state index contributed by atoms with van der Waals surface area (Å²) in [6.07, 6.45) is 2.48. The van der Waals surface area contributed by atoms with Crippen LogP contribution in [-0.4, -0.2) is 44.2 Å². The van der Waals surface area contributed by atoms with Gasteiger partial charge in [-0.25, -0.2) is 0 Å². The number of nitrogens with one attached hydrogen (secondary N) is 1. The third-order valence-corrected chi connectivity index (χ3v) is 3.25. The van der Waals surface area contributed by atoms with Gasteiger partial charge in [0.2, 0.25) is 0 Å². The van der Waals surface area contributed by atoms with Crippen LogP contribution in [0.1, 0.15) is 23.2 Å². The molecule has 5 nitrogen and oxygen atoms in total. The molecule has 2 rings (SSSR count). The Morgan fingerprint density at radius 2 is 2.32 bits per heavy atom. The Hall–Kier alpha value is -1.75. The molecule has 1 saturated heterocycles. The van der Waals surface area contributed by atoms with E-state index in [0.717, 1.165) is 31.7 Å². The number of hydrogen-bond acceptors (Lipinski definition) is 4. The Bertz CT molecular complexity index is 454. The molecule has 1 fully saturated rings. The van der Waals surface area contributed by atoms with Crippen LogP contribution in [0.5, 0.6) is 0 Å². The maximum atomic E-state index is 11.8. The van der Waals surface area contributed by atoms with Gasteiger partial charge in [0.25, 0.3) is 5.91 Å². The molecule has 0 saturated carbocycles. The van der Waals surface area contributed by atoms with Gasteiger partial charge < -0.3 is 20.7 Å². The number of nitrogens with two attached hydrogens (primary N) is 1. The SMILES string of the molecule is CN(C)C(=O)c1ccc(NCC2CCCO2)c(N)c1. The van der Waals surface area contributed by atoms with E-state index in [1.54, 1.807) is 26.2 Å². The van der Waals surface area contributed by atoms with Crippen molar-refractivity contribution in [1.29, 1.82) is 0 Å². The maximum absolute atomic E-state index is 11.8. The highest BCUT2D eigenvalue weighted by atomic mass is 16.5. The van der Waals surface area contributed by atoms with Crippen molar-refractivity contribution in [3.05, 3.63) is 23.8 Å². The van der Waals surface area contributed by atoms with Crippen molar-refractivity contribution in [3.8, 4) is 0 Å². The monoisotopic (exact) mass is 263 g/mol. The number of benzene rings is 1. The van der Waals surface area contributed by atoms with E-state index in [4.69, 9.17) is 10.5 Å². The summed E-state index contributed by atoms with van der Waals surface area (Å²) in [4.78, 5) is 13.3. The van der Waals surface area contributed by atoms with E-state index in [2.05, 4.69) is 5.32 Å². The van der Waals surface area contributed by atoms with Crippen molar-refractivity contribution >= 4 is 17.3 Å². The van der Waals surface area contributed by atoms with Crippen LogP contribution in [0.4, 0.5) is 11.4 Å². The first-order valence-electron chi connectivity index (χ1n) is 6.54. The molecule has 19 heavy (non-hydrogen) atoms. The molecule has 3 N–H and O–H groups in total. The predicted molar refractivity (Wildman–Crippen MR) is 76.3 cm³/mol. The van der Waals surface area contributed by atoms with Crippen LogP contribution >= 0.6 is 0 Å². The zero-order valence-corrected chi connectivity index (χ0v) is 11.5. The van der Waals surface area contributed by atoms with E-state index >= 15 is 0 Å². The molecule has 1 aliphatic heterocycles. The van der Waals surface area contributed by atoms with Crippen LogP contribution in [-0.2, 0) is 4.74 Å². The van der Waals surface area contributed by atoms with Crippen LogP contribution in [0.15, 0.2) is 18.2 Å². The molecule has 1 amide bonds. The van der Waals surface area contributed by atoms with Crippen molar-refractivity contribution in [2.75, 3.05) is 38.3 Å². The first-order chi connectivity index (χ1) is 9.08. The van der Waals surface area contributed by atoms with Crippen molar-refractivity contribution in [1.82, 2.24) is 4.90 Å². The molecule has 0 spiro atoms. The summed E-state index contributed by atoms with van der Waals surface area (Å²) >= 11 is 0. The largest absolute Gasteiger partial charge is 0.397 e. The van der Waals surface area contributed by atoms with Gasteiger partial charge in [0.1, 0.15) is 0 Å². The number of amides is 1. The van der Waals surface area contributed by atoms with E-state index in [-0.39, 0.29) is 12.0 Å². The first-order valence-corrected chi connectivity index (χ1v) is 6.54. The molecular formula is C14H21N3O2. The predicted octanol–water partition coefficient (Wildman–Crippen LogP) is 1.56. The number of carbonyl (C=O) groups excluding carboxylic acids is 1. The van der Waals surface area contributed by atoms with Gasteiger partial charge in [0.15, 0.2) is 0 Å². The number of rotatable bonds is 4. The van der Waals surface area contributed by atoms with Gasteiger partial charge in [-0.05, 0) is 31.0 Å². The van der Waals surface area contributed by atoms with Crippen LogP contribution in [0.3, 0.4) is 0 Å². The van der Waals surface area contributed by atoms with Gasteiger partial charge in [0, 0.05) is 32.8 Å². The molecule has 1 aromatic rings. The van der Waals surface area contributed by atoms with E-state index in [0.29, 0.717) is 11.3 Å². The third-order valence-electron chi connectivity index (χ3n) is 3.25. The summed E-state index contributed by atoms with van der Waals surface area (Å²) in [5, 5.41) is 3.28. The number of anilines is 2. The van der Waals surface area contributed by atoms with Crippen molar-refractivity contribution < 1.29 is 9.53 Å². The fraction of sp³-hybridized carbons (Fsp3) is 0.500. The Labute approximate surface area is 113 Å². The van der Waals surface area contributed by atoms with Crippen molar-refractivity contribution in [2.45, 2.75) is 18.9 Å². The topological polar surface area (TPSA) is 67.6 Å². The summed E-state index contributed by atoms with van der Waals surface area (Å²) < 4.78 is 5.54. The molecule has 0 bridgehead atoms. The molecule has 1 atom stereocenters. The van der Waals surface area contributed by atoms with Gasteiger partial charge in [-0.15, -0.1) is 0 Å². The Morgan fingerprint density at radius 1 is 1.53 bits per heavy atom. The Balaban J connectivity index is 2.00. The number of carbonyl (C=O) groups is 1.